The lowest BCUT2D eigenvalue weighted by molar-refractivity contribution is -0.112. The maximum absolute atomic E-state index is 12.4. The van der Waals surface area contributed by atoms with Crippen LogP contribution in [0.2, 0.25) is 0 Å². The quantitative estimate of drug-likeness (QED) is 0.120. The van der Waals surface area contributed by atoms with Gasteiger partial charge in [0.2, 0.25) is 19.3 Å². The van der Waals surface area contributed by atoms with Gasteiger partial charge in [-0.1, -0.05) is 35.6 Å². The van der Waals surface area contributed by atoms with E-state index in [1.54, 1.807) is 31.4 Å². The first-order chi connectivity index (χ1) is 17.7. The third-order valence-corrected chi connectivity index (χ3v) is 7.23. The van der Waals surface area contributed by atoms with Crippen LogP contribution in [0.15, 0.2) is 65.0 Å². The number of nitrogens with one attached hydrogen (secondary N) is 1. The number of ether oxygens (including phenoxy) is 3. The number of anilines is 1. The average molecular weight is 541 g/mol. The molecule has 0 saturated carbocycles. The van der Waals surface area contributed by atoms with E-state index < -0.39 is 15.7 Å². The summed E-state index contributed by atoms with van der Waals surface area (Å²) in [6, 6.07) is 14.3. The lowest BCUT2D eigenvalue weighted by Crippen LogP contribution is -2.13. The molecule has 1 aromatic heterocycles. The van der Waals surface area contributed by atoms with Crippen LogP contribution in [-0.2, 0) is 21.1 Å². The van der Waals surface area contributed by atoms with Crippen LogP contribution in [0.5, 0.6) is 17.2 Å². The van der Waals surface area contributed by atoms with Gasteiger partial charge in [0.1, 0.15) is 30.6 Å². The molecule has 3 aromatic rings. The van der Waals surface area contributed by atoms with Crippen molar-refractivity contribution in [2.24, 2.45) is 0 Å². The van der Waals surface area contributed by atoms with Crippen LogP contribution in [-0.4, -0.2) is 51.1 Å². The van der Waals surface area contributed by atoms with Gasteiger partial charge in [0.05, 0.1) is 7.11 Å². The number of benzene rings is 2. The van der Waals surface area contributed by atoms with E-state index >= 15 is 0 Å². The smallest absolute Gasteiger partial charge is 0.268 e. The van der Waals surface area contributed by atoms with Crippen LogP contribution in [0.1, 0.15) is 11.1 Å². The highest BCUT2D eigenvalue weighted by Gasteiger charge is 2.17. The Kier molecular flexibility index (Phi) is 9.37. The van der Waals surface area contributed by atoms with Gasteiger partial charge in [0.15, 0.2) is 11.5 Å². The molecule has 0 saturated heterocycles. The molecule has 0 aliphatic rings. The number of methoxy groups -OCH3 is 1. The molecule has 0 aliphatic heterocycles. The van der Waals surface area contributed by atoms with Gasteiger partial charge in [-0.05, 0) is 47.9 Å². The van der Waals surface area contributed by atoms with Gasteiger partial charge in [0.25, 0.3) is 5.91 Å². The minimum Gasteiger partial charge on any atom is -0.493 e. The average Bonchev–Trinajstić information content (AvgIpc) is 3.36. The molecule has 1 amide bonds. The van der Waals surface area contributed by atoms with E-state index in [2.05, 4.69) is 22.1 Å². The second kappa shape index (κ2) is 12.7. The minimum absolute atomic E-state index is 0.0251. The number of hydrogen-bond donors (Lipinski definition) is 1. The van der Waals surface area contributed by atoms with Gasteiger partial charge >= 0.3 is 0 Å². The molecule has 3 rings (SSSR count). The van der Waals surface area contributed by atoms with Gasteiger partial charge in [-0.2, -0.15) is 5.26 Å². The molecule has 1 N–H and O–H groups in total. The summed E-state index contributed by atoms with van der Waals surface area (Å²) >= 11 is 0.701. The zero-order valence-electron chi connectivity index (χ0n) is 20.1. The van der Waals surface area contributed by atoms with Crippen molar-refractivity contribution in [2.75, 3.05) is 31.9 Å². The molecular formula is C25H24N4O6S2. The number of hydrogen-bond acceptors (Lipinski definition) is 10. The van der Waals surface area contributed by atoms with E-state index in [0.717, 1.165) is 18.2 Å². The Morgan fingerprint density at radius 1 is 1.14 bits per heavy atom. The number of aromatic nitrogens is 2. The van der Waals surface area contributed by atoms with E-state index in [1.807, 2.05) is 30.3 Å². The molecule has 37 heavy (non-hydrogen) atoms. The number of carbonyl (C=O) groups excluding carboxylic acids is 1. The Morgan fingerprint density at radius 3 is 2.49 bits per heavy atom. The normalized spacial score (nSPS) is 11.3. The first-order valence-electron chi connectivity index (χ1n) is 10.8. The van der Waals surface area contributed by atoms with Crippen LogP contribution in [0, 0.1) is 11.3 Å². The summed E-state index contributed by atoms with van der Waals surface area (Å²) in [6.45, 7) is 4.32. The molecule has 10 nitrogen and oxygen atoms in total. The van der Waals surface area contributed by atoms with E-state index in [4.69, 9.17) is 14.2 Å². The summed E-state index contributed by atoms with van der Waals surface area (Å²) in [5.74, 6) is 1.10. The highest BCUT2D eigenvalue weighted by atomic mass is 32.2. The number of amides is 1. The molecule has 0 bridgehead atoms. The molecule has 0 spiro atoms. The van der Waals surface area contributed by atoms with Crippen molar-refractivity contribution < 1.29 is 27.4 Å². The topological polar surface area (TPSA) is 140 Å². The largest absolute Gasteiger partial charge is 0.493 e. The van der Waals surface area contributed by atoms with Crippen LogP contribution in [0.25, 0.3) is 6.08 Å². The molecule has 2 aromatic carbocycles. The maximum atomic E-state index is 12.4. The Morgan fingerprint density at radius 2 is 1.86 bits per heavy atom. The molecule has 0 fully saturated rings. The predicted molar refractivity (Wildman–Crippen MR) is 140 cm³/mol. The zero-order chi connectivity index (χ0) is 26.8. The summed E-state index contributed by atoms with van der Waals surface area (Å²) in [4.78, 5) is 12.4. The molecule has 12 heteroatoms. The third kappa shape index (κ3) is 7.89. The van der Waals surface area contributed by atoms with Gasteiger partial charge in [-0.25, -0.2) is 8.42 Å². The number of sulfone groups is 1. The van der Waals surface area contributed by atoms with Crippen molar-refractivity contribution in [3.8, 4) is 23.3 Å². The Bertz CT molecular complexity index is 1440. The van der Waals surface area contributed by atoms with Crippen LogP contribution < -0.4 is 19.5 Å². The van der Waals surface area contributed by atoms with Gasteiger partial charge < -0.3 is 14.2 Å². The lowest BCUT2D eigenvalue weighted by Gasteiger charge is -2.12. The molecule has 0 aliphatic carbocycles. The Balaban J connectivity index is 1.54. The first-order valence-corrected chi connectivity index (χ1v) is 13.5. The fraction of sp³-hybridized carbons (Fsp3) is 0.200. The summed E-state index contributed by atoms with van der Waals surface area (Å²) in [6.07, 6.45) is 4.93. The lowest BCUT2D eigenvalue weighted by atomic mass is 10.1. The van der Waals surface area contributed by atoms with Crippen LogP contribution in [0.4, 0.5) is 5.13 Å². The second-order valence-corrected chi connectivity index (χ2v) is 10.7. The van der Waals surface area contributed by atoms with Crippen molar-refractivity contribution in [1.82, 2.24) is 10.2 Å². The van der Waals surface area contributed by atoms with Crippen LogP contribution in [0.3, 0.4) is 0 Å². The number of nitriles is 1. The Hall–Kier alpha value is -4.21. The molecule has 1 heterocycles. The monoisotopic (exact) mass is 540 g/mol. The maximum Gasteiger partial charge on any atom is 0.268 e. The molecule has 192 valence electrons. The van der Waals surface area contributed by atoms with E-state index in [1.165, 1.54) is 6.08 Å². The predicted octanol–water partition coefficient (Wildman–Crippen LogP) is 3.68. The second-order valence-electron chi connectivity index (χ2n) is 7.51. The number of nitrogens with zero attached hydrogens (tertiary/aromatic N) is 3. The summed E-state index contributed by atoms with van der Waals surface area (Å²) < 4.78 is 39.6. The van der Waals surface area contributed by atoms with Crippen molar-refractivity contribution in [2.45, 2.75) is 10.8 Å². The summed E-state index contributed by atoms with van der Waals surface area (Å²) in [7, 11) is -1.96. The van der Waals surface area contributed by atoms with Crippen molar-refractivity contribution in [3.63, 3.8) is 0 Å². The summed E-state index contributed by atoms with van der Waals surface area (Å²) in [5, 5.41) is 18.9. The highest BCUT2D eigenvalue weighted by molar-refractivity contribution is 7.92. The highest BCUT2D eigenvalue weighted by Crippen LogP contribution is 2.28. The molecular weight excluding hydrogens is 516 g/mol. The van der Waals surface area contributed by atoms with Gasteiger partial charge in [-0.15, -0.1) is 16.8 Å². The third-order valence-electron chi connectivity index (χ3n) is 4.72. The first kappa shape index (κ1) is 27.4. The number of allylic oxidation sites excluding steroid dienone is 1. The number of carbonyl (C=O) groups is 1. The van der Waals surface area contributed by atoms with Gasteiger partial charge in [0, 0.05) is 6.26 Å². The fourth-order valence-corrected chi connectivity index (χ4v) is 4.49. The fourth-order valence-electron chi connectivity index (χ4n) is 2.99. The van der Waals surface area contributed by atoms with Gasteiger partial charge in [-0.3, -0.25) is 10.1 Å². The van der Waals surface area contributed by atoms with Crippen molar-refractivity contribution >= 4 is 38.3 Å². The standard InChI is InChI=1S/C25H24N4O6S2/c1-4-5-17-8-11-21(22(15-17)33-2)35-13-12-34-20-9-6-18(7-10-20)14-19(16-26)23(30)27-24-28-29-25(36-24)37(3,31)32/h4,6-11,14-15H,1,5,12-13H2,2-3H3,(H,27,28,30)/b19-14-. The van der Waals surface area contributed by atoms with Crippen molar-refractivity contribution in [1.29, 1.82) is 5.26 Å². The molecule has 0 unspecified atom stereocenters. The van der Waals surface area contributed by atoms with Crippen molar-refractivity contribution in [3.05, 3.63) is 71.8 Å². The van der Waals surface area contributed by atoms with Crippen LogP contribution >= 0.6 is 11.3 Å². The molecule has 0 atom stereocenters. The minimum atomic E-state index is -3.54. The Labute approximate surface area is 218 Å². The van der Waals surface area contributed by atoms with E-state index in [9.17, 15) is 18.5 Å². The SMILES string of the molecule is C=CCc1ccc(OCCOc2ccc(/C=C(/C#N)C(=O)Nc3nnc(S(C)(=O)=O)s3)cc2)c(OC)c1. The van der Waals surface area contributed by atoms with E-state index in [-0.39, 0.29) is 21.7 Å². The number of rotatable bonds is 12. The van der Waals surface area contributed by atoms with E-state index in [0.29, 0.717) is 40.8 Å². The summed E-state index contributed by atoms with van der Waals surface area (Å²) in [5.41, 5.74) is 1.47. The zero-order valence-corrected chi connectivity index (χ0v) is 21.8. The molecule has 0 radical (unpaired) electrons.